The van der Waals surface area contributed by atoms with Gasteiger partial charge in [0.25, 0.3) is 0 Å². The maximum atomic E-state index is 9.04. The third-order valence-electron chi connectivity index (χ3n) is 2.45. The van der Waals surface area contributed by atoms with Crippen molar-refractivity contribution in [1.82, 2.24) is 9.97 Å². The molecule has 18 heavy (non-hydrogen) atoms. The molecule has 0 saturated heterocycles. The highest BCUT2D eigenvalue weighted by Gasteiger charge is 2.10. The van der Waals surface area contributed by atoms with Gasteiger partial charge in [-0.25, -0.2) is 9.97 Å². The maximum Gasteiger partial charge on any atom is 0.226 e. The van der Waals surface area contributed by atoms with Crippen molar-refractivity contribution in [1.29, 1.82) is 0 Å². The molecule has 7 nitrogen and oxygen atoms in total. The van der Waals surface area contributed by atoms with Crippen LogP contribution in [0.4, 0.5) is 5.95 Å². The summed E-state index contributed by atoms with van der Waals surface area (Å²) >= 11 is 0. The van der Waals surface area contributed by atoms with Crippen molar-refractivity contribution in [2.75, 3.05) is 24.6 Å². The summed E-state index contributed by atoms with van der Waals surface area (Å²) < 4.78 is 0. The second kappa shape index (κ2) is 7.44. The van der Waals surface area contributed by atoms with Crippen LogP contribution >= 0.6 is 0 Å². The van der Waals surface area contributed by atoms with Gasteiger partial charge < -0.3 is 20.9 Å². The molecule has 0 fully saturated rings. The highest BCUT2D eigenvalue weighted by Crippen LogP contribution is 2.08. The van der Waals surface area contributed by atoms with Crippen LogP contribution in [0.2, 0.25) is 0 Å². The van der Waals surface area contributed by atoms with Crippen molar-refractivity contribution >= 4 is 11.8 Å². The summed E-state index contributed by atoms with van der Waals surface area (Å²) in [5.74, 6) is 0.416. The molecule has 4 N–H and O–H groups in total. The van der Waals surface area contributed by atoms with E-state index in [0.717, 1.165) is 19.4 Å². The van der Waals surface area contributed by atoms with E-state index in [1.165, 1.54) is 0 Å². The van der Waals surface area contributed by atoms with Crippen molar-refractivity contribution in [2.24, 2.45) is 10.9 Å². The van der Waals surface area contributed by atoms with Crippen LogP contribution in [0.15, 0.2) is 17.4 Å². The molecule has 0 aromatic carbocycles. The van der Waals surface area contributed by atoms with Gasteiger partial charge in [-0.2, -0.15) is 0 Å². The number of aliphatic hydroxyl groups excluding tert-OH is 1. The first-order valence-corrected chi connectivity index (χ1v) is 5.89. The van der Waals surface area contributed by atoms with Gasteiger partial charge in [0.05, 0.1) is 6.61 Å². The number of hydrogen-bond donors (Lipinski definition) is 3. The molecule has 0 spiro atoms. The first-order chi connectivity index (χ1) is 8.72. The number of hydrogen-bond acceptors (Lipinski definition) is 6. The van der Waals surface area contributed by atoms with Gasteiger partial charge in [0.2, 0.25) is 5.95 Å². The maximum absolute atomic E-state index is 9.04. The Balaban J connectivity index is 2.90. The fraction of sp³-hybridized carbons (Fsp3) is 0.545. The van der Waals surface area contributed by atoms with Gasteiger partial charge in [-0.3, -0.25) is 0 Å². The van der Waals surface area contributed by atoms with E-state index in [-0.39, 0.29) is 12.4 Å². The van der Waals surface area contributed by atoms with Crippen molar-refractivity contribution in [3.8, 4) is 0 Å². The van der Waals surface area contributed by atoms with E-state index in [2.05, 4.69) is 22.0 Å². The Morgan fingerprint density at radius 2 is 2.28 bits per heavy atom. The minimum atomic E-state index is -0.0573. The Morgan fingerprint density at radius 3 is 2.89 bits per heavy atom. The monoisotopic (exact) mass is 253 g/mol. The minimum absolute atomic E-state index is 0.0286. The Morgan fingerprint density at radius 1 is 1.50 bits per heavy atom. The zero-order valence-corrected chi connectivity index (χ0v) is 10.5. The summed E-state index contributed by atoms with van der Waals surface area (Å²) in [4.78, 5) is 10.2. The molecule has 0 unspecified atom stereocenters. The topological polar surface area (TPSA) is 108 Å². The number of aliphatic hydroxyl groups is 1. The second-order valence-corrected chi connectivity index (χ2v) is 3.79. The highest BCUT2D eigenvalue weighted by molar-refractivity contribution is 5.95. The van der Waals surface area contributed by atoms with Crippen LogP contribution in [0.1, 0.15) is 25.5 Å². The zero-order valence-electron chi connectivity index (χ0n) is 10.5. The Labute approximate surface area is 106 Å². The lowest BCUT2D eigenvalue weighted by Crippen LogP contribution is -2.30. The number of anilines is 1. The van der Waals surface area contributed by atoms with Gasteiger partial charge in [0.15, 0.2) is 5.84 Å². The van der Waals surface area contributed by atoms with Crippen LogP contribution in [0.5, 0.6) is 0 Å². The van der Waals surface area contributed by atoms with Crippen LogP contribution in [-0.2, 0) is 0 Å². The molecule has 0 aliphatic heterocycles. The van der Waals surface area contributed by atoms with Gasteiger partial charge in [-0.05, 0) is 12.5 Å². The molecule has 1 aromatic rings. The first kappa shape index (κ1) is 14.2. The predicted octanol–water partition coefficient (Wildman–Crippen LogP) is 0.170. The van der Waals surface area contributed by atoms with Crippen molar-refractivity contribution in [3.05, 3.63) is 18.0 Å². The van der Waals surface area contributed by atoms with Gasteiger partial charge in [0, 0.05) is 19.3 Å². The largest absolute Gasteiger partial charge is 0.409 e. The predicted molar refractivity (Wildman–Crippen MR) is 68.7 cm³/mol. The molecular formula is C11H19N5O2. The molecule has 0 atom stereocenters. The van der Waals surface area contributed by atoms with E-state index in [1.54, 1.807) is 12.3 Å². The van der Waals surface area contributed by atoms with Crippen LogP contribution in [0.25, 0.3) is 0 Å². The molecule has 0 saturated carbocycles. The Hall–Kier alpha value is -1.89. The van der Waals surface area contributed by atoms with E-state index in [1.807, 2.05) is 4.90 Å². The molecule has 0 radical (unpaired) electrons. The lowest BCUT2D eigenvalue weighted by Gasteiger charge is -2.21. The molecule has 0 aliphatic carbocycles. The summed E-state index contributed by atoms with van der Waals surface area (Å²) in [6.45, 7) is 3.34. The van der Waals surface area contributed by atoms with Crippen molar-refractivity contribution in [2.45, 2.75) is 19.8 Å². The summed E-state index contributed by atoms with van der Waals surface area (Å²) in [6, 6.07) is 1.56. The van der Waals surface area contributed by atoms with Crippen LogP contribution in [0.3, 0.4) is 0 Å². The fourth-order valence-corrected chi connectivity index (χ4v) is 1.48. The summed E-state index contributed by atoms with van der Waals surface area (Å²) in [7, 11) is 0. The van der Waals surface area contributed by atoms with Gasteiger partial charge in [-0.1, -0.05) is 18.5 Å². The van der Waals surface area contributed by atoms with E-state index in [0.29, 0.717) is 18.2 Å². The quantitative estimate of drug-likeness (QED) is 0.277. The van der Waals surface area contributed by atoms with E-state index < -0.39 is 0 Å². The van der Waals surface area contributed by atoms with E-state index in [4.69, 9.17) is 16.0 Å². The second-order valence-electron chi connectivity index (χ2n) is 3.79. The molecule has 7 heteroatoms. The summed E-state index contributed by atoms with van der Waals surface area (Å²) in [5, 5.41) is 20.6. The van der Waals surface area contributed by atoms with Crippen LogP contribution < -0.4 is 10.6 Å². The molecule has 0 aliphatic rings. The van der Waals surface area contributed by atoms with E-state index in [9.17, 15) is 0 Å². The SMILES string of the molecule is CCCCN(CCO)c1nccc(/C(N)=N/O)n1. The number of oxime groups is 1. The fourth-order valence-electron chi connectivity index (χ4n) is 1.48. The molecule has 1 rings (SSSR count). The first-order valence-electron chi connectivity index (χ1n) is 5.89. The number of unbranched alkanes of at least 4 members (excludes halogenated alkanes) is 1. The number of nitrogens with two attached hydrogens (primary N) is 1. The normalized spacial score (nSPS) is 11.6. The van der Waals surface area contributed by atoms with Crippen molar-refractivity contribution < 1.29 is 10.3 Å². The van der Waals surface area contributed by atoms with E-state index >= 15 is 0 Å². The Kier molecular flexibility index (Phi) is 5.86. The van der Waals surface area contributed by atoms with Crippen LogP contribution in [-0.4, -0.2) is 45.8 Å². The average molecular weight is 253 g/mol. The smallest absolute Gasteiger partial charge is 0.226 e. The molecule has 0 bridgehead atoms. The average Bonchev–Trinajstić information content (AvgIpc) is 2.42. The molecule has 1 aromatic heterocycles. The lowest BCUT2D eigenvalue weighted by atomic mass is 10.3. The number of nitrogens with zero attached hydrogens (tertiary/aromatic N) is 4. The Bertz CT molecular complexity index is 397. The number of rotatable bonds is 7. The highest BCUT2D eigenvalue weighted by atomic mass is 16.4. The van der Waals surface area contributed by atoms with Gasteiger partial charge in [-0.15, -0.1) is 0 Å². The van der Waals surface area contributed by atoms with Crippen LogP contribution in [0, 0.1) is 0 Å². The molecular weight excluding hydrogens is 234 g/mol. The minimum Gasteiger partial charge on any atom is -0.409 e. The zero-order chi connectivity index (χ0) is 13.4. The number of aromatic nitrogens is 2. The number of amidine groups is 1. The summed E-state index contributed by atoms with van der Waals surface area (Å²) in [6.07, 6.45) is 3.57. The standard InChI is InChI=1S/C11H19N5O2/c1-2-3-6-16(7-8-17)11-13-5-4-9(14-11)10(12)15-18/h4-5,17-18H,2-3,6-8H2,1H3,(H2,12,15). The third kappa shape index (κ3) is 3.85. The lowest BCUT2D eigenvalue weighted by molar-refractivity contribution is 0.301. The molecule has 0 amide bonds. The van der Waals surface area contributed by atoms with Crippen molar-refractivity contribution in [3.63, 3.8) is 0 Å². The molecule has 1 heterocycles. The molecule has 100 valence electrons. The third-order valence-corrected chi connectivity index (χ3v) is 2.45. The van der Waals surface area contributed by atoms with Gasteiger partial charge >= 0.3 is 0 Å². The van der Waals surface area contributed by atoms with Gasteiger partial charge in [0.1, 0.15) is 5.69 Å². The summed E-state index contributed by atoms with van der Waals surface area (Å²) in [5.41, 5.74) is 5.84.